The normalized spacial score (nSPS) is 18.4. The molecular weight excluding hydrogens is 380 g/mol. The molecule has 150 valence electrons. The summed E-state index contributed by atoms with van der Waals surface area (Å²) in [6.45, 7) is 0.696. The minimum absolute atomic E-state index is 0.150. The number of amides is 1. The van der Waals surface area contributed by atoms with Gasteiger partial charge in [0, 0.05) is 37.1 Å². The first-order chi connectivity index (χ1) is 14.8. The van der Waals surface area contributed by atoms with Crippen LogP contribution in [0.15, 0.2) is 49.1 Å². The second kappa shape index (κ2) is 6.65. The van der Waals surface area contributed by atoms with E-state index in [9.17, 15) is 4.79 Å². The quantitative estimate of drug-likeness (QED) is 0.542. The van der Waals surface area contributed by atoms with E-state index >= 15 is 0 Å². The summed E-state index contributed by atoms with van der Waals surface area (Å²) in [5, 5.41) is 7.77. The van der Waals surface area contributed by atoms with Crippen molar-refractivity contribution in [1.82, 2.24) is 34.9 Å². The zero-order valence-corrected chi connectivity index (χ0v) is 16.2. The predicted octanol–water partition coefficient (Wildman–Crippen LogP) is 1.89. The summed E-state index contributed by atoms with van der Waals surface area (Å²) >= 11 is 0. The molecule has 0 aromatic carbocycles. The number of H-pyrrole nitrogens is 1. The number of aromatic nitrogens is 6. The van der Waals surface area contributed by atoms with Gasteiger partial charge in [0.2, 0.25) is 5.95 Å². The Hall–Kier alpha value is -3.75. The molecule has 1 aliphatic heterocycles. The van der Waals surface area contributed by atoms with Crippen LogP contribution in [-0.4, -0.2) is 48.0 Å². The van der Waals surface area contributed by atoms with Gasteiger partial charge in [-0.15, -0.1) is 0 Å². The maximum atomic E-state index is 12.5. The Morgan fingerprint density at radius 1 is 1.20 bits per heavy atom. The standard InChI is InChI=1S/C21H20N8O/c30-20(25-13-4-5-13)16-6-8-22-21(26-16)28-10-7-15-18(24-12-23-15)19(28)17-11-14-3-1-2-9-29(14)27-17/h1-3,6,8-9,11-13,19H,4-5,7,10H2,(H,23,24)(H,25,30)/t19-/m1/s1. The molecule has 30 heavy (non-hydrogen) atoms. The number of anilines is 1. The summed E-state index contributed by atoms with van der Waals surface area (Å²) in [7, 11) is 0. The first-order valence-corrected chi connectivity index (χ1v) is 10.1. The van der Waals surface area contributed by atoms with Crippen LogP contribution in [0, 0.1) is 0 Å². The minimum Gasteiger partial charge on any atom is -0.348 e. The SMILES string of the molecule is O=C(NC1CC1)c1ccnc(N2CCc3[nH]cnc3[C@H]2c2cc3ccccn3n2)n1. The molecule has 1 amide bonds. The highest BCUT2D eigenvalue weighted by atomic mass is 16.2. The Kier molecular flexibility index (Phi) is 3.80. The molecule has 9 nitrogen and oxygen atoms in total. The van der Waals surface area contributed by atoms with Gasteiger partial charge in [0.05, 0.1) is 23.2 Å². The van der Waals surface area contributed by atoms with Crippen LogP contribution in [0.1, 0.15) is 46.5 Å². The van der Waals surface area contributed by atoms with Gasteiger partial charge in [-0.1, -0.05) is 6.07 Å². The number of pyridine rings is 1. The van der Waals surface area contributed by atoms with Gasteiger partial charge in [0.15, 0.2) is 0 Å². The van der Waals surface area contributed by atoms with Crippen LogP contribution < -0.4 is 10.2 Å². The summed E-state index contributed by atoms with van der Waals surface area (Å²) in [5.74, 6) is 0.358. The fourth-order valence-corrected chi connectivity index (χ4v) is 3.98. The molecule has 9 heteroatoms. The fraction of sp³-hybridized carbons (Fsp3) is 0.286. The lowest BCUT2D eigenvalue weighted by atomic mass is 10.00. The molecule has 2 aliphatic rings. The second-order valence-corrected chi connectivity index (χ2v) is 7.74. The van der Waals surface area contributed by atoms with Crippen LogP contribution in [-0.2, 0) is 6.42 Å². The Labute approximate surface area is 172 Å². The summed E-state index contributed by atoms with van der Waals surface area (Å²) in [4.78, 5) is 31.5. The number of aromatic amines is 1. The van der Waals surface area contributed by atoms with Crippen molar-refractivity contribution in [3.63, 3.8) is 0 Å². The lowest BCUT2D eigenvalue weighted by molar-refractivity contribution is 0.0946. The van der Waals surface area contributed by atoms with Gasteiger partial charge in [-0.2, -0.15) is 5.10 Å². The van der Waals surface area contributed by atoms with Crippen LogP contribution in [0.4, 0.5) is 5.95 Å². The predicted molar refractivity (Wildman–Crippen MR) is 109 cm³/mol. The summed E-state index contributed by atoms with van der Waals surface area (Å²) in [5.41, 5.74) is 4.27. The third-order valence-corrected chi connectivity index (χ3v) is 5.64. The number of rotatable bonds is 4. The van der Waals surface area contributed by atoms with Gasteiger partial charge < -0.3 is 15.2 Å². The Morgan fingerprint density at radius 3 is 3.00 bits per heavy atom. The molecule has 5 heterocycles. The topological polar surface area (TPSA) is 104 Å². The van der Waals surface area contributed by atoms with Gasteiger partial charge in [-0.05, 0) is 37.1 Å². The van der Waals surface area contributed by atoms with Gasteiger partial charge >= 0.3 is 0 Å². The number of imidazole rings is 1. The molecule has 0 spiro atoms. The highest BCUT2D eigenvalue weighted by molar-refractivity contribution is 5.92. The number of nitrogens with one attached hydrogen (secondary N) is 2. The van der Waals surface area contributed by atoms with E-state index in [1.165, 1.54) is 0 Å². The smallest absolute Gasteiger partial charge is 0.270 e. The zero-order chi connectivity index (χ0) is 20.1. The average molecular weight is 400 g/mol. The monoisotopic (exact) mass is 400 g/mol. The Balaban J connectivity index is 1.42. The maximum Gasteiger partial charge on any atom is 0.270 e. The van der Waals surface area contributed by atoms with Crippen molar-refractivity contribution in [3.8, 4) is 0 Å². The molecule has 0 radical (unpaired) electrons. The minimum atomic E-state index is -0.235. The largest absolute Gasteiger partial charge is 0.348 e. The van der Waals surface area contributed by atoms with Crippen molar-refractivity contribution >= 4 is 17.4 Å². The van der Waals surface area contributed by atoms with Crippen LogP contribution in [0.5, 0.6) is 0 Å². The molecule has 1 aliphatic carbocycles. The molecule has 6 rings (SSSR count). The zero-order valence-electron chi connectivity index (χ0n) is 16.2. The third-order valence-electron chi connectivity index (χ3n) is 5.64. The third kappa shape index (κ3) is 2.90. The lowest BCUT2D eigenvalue weighted by Gasteiger charge is -2.34. The number of fused-ring (bicyclic) bond motifs is 2. The van der Waals surface area contributed by atoms with Crippen LogP contribution in [0.2, 0.25) is 0 Å². The maximum absolute atomic E-state index is 12.5. The number of nitrogens with zero attached hydrogens (tertiary/aromatic N) is 6. The average Bonchev–Trinajstić information content (AvgIpc) is 3.29. The number of carbonyl (C=O) groups excluding carboxylic acids is 1. The Bertz CT molecular complexity index is 1210. The lowest BCUT2D eigenvalue weighted by Crippen LogP contribution is -2.38. The van der Waals surface area contributed by atoms with E-state index in [1.807, 2.05) is 28.9 Å². The number of hydrogen-bond acceptors (Lipinski definition) is 6. The van der Waals surface area contributed by atoms with E-state index in [-0.39, 0.29) is 18.0 Å². The second-order valence-electron chi connectivity index (χ2n) is 7.74. The van der Waals surface area contributed by atoms with Crippen molar-refractivity contribution in [3.05, 3.63) is 71.8 Å². The molecule has 1 saturated carbocycles. The molecule has 0 bridgehead atoms. The molecule has 4 aromatic heterocycles. The number of carbonyl (C=O) groups is 1. The highest BCUT2D eigenvalue weighted by Gasteiger charge is 2.35. The van der Waals surface area contributed by atoms with Gasteiger partial charge in [0.1, 0.15) is 11.7 Å². The first kappa shape index (κ1) is 17.1. The van der Waals surface area contributed by atoms with Crippen LogP contribution in [0.3, 0.4) is 0 Å². The van der Waals surface area contributed by atoms with E-state index in [4.69, 9.17) is 5.10 Å². The summed E-state index contributed by atoms with van der Waals surface area (Å²) in [6, 6.07) is 9.73. The van der Waals surface area contributed by atoms with Crippen molar-refractivity contribution in [2.75, 3.05) is 11.4 Å². The Morgan fingerprint density at radius 2 is 2.13 bits per heavy atom. The van der Waals surface area contributed by atoms with Crippen molar-refractivity contribution < 1.29 is 4.79 Å². The number of hydrogen-bond donors (Lipinski definition) is 2. The first-order valence-electron chi connectivity index (χ1n) is 10.1. The van der Waals surface area contributed by atoms with Crippen LogP contribution in [0.25, 0.3) is 5.52 Å². The van der Waals surface area contributed by atoms with E-state index in [0.29, 0.717) is 18.2 Å². The molecule has 1 fully saturated rings. The summed E-state index contributed by atoms with van der Waals surface area (Å²) < 4.78 is 1.86. The van der Waals surface area contributed by atoms with E-state index < -0.39 is 0 Å². The van der Waals surface area contributed by atoms with Crippen molar-refractivity contribution in [2.24, 2.45) is 0 Å². The van der Waals surface area contributed by atoms with Gasteiger partial charge in [0.25, 0.3) is 5.91 Å². The molecule has 2 N–H and O–H groups in total. The van der Waals surface area contributed by atoms with E-state index in [1.54, 1.807) is 18.6 Å². The molecule has 4 aromatic rings. The molecular formula is C21H20N8O. The van der Waals surface area contributed by atoms with Crippen LogP contribution >= 0.6 is 0 Å². The van der Waals surface area contributed by atoms with Crippen molar-refractivity contribution in [1.29, 1.82) is 0 Å². The molecule has 0 unspecified atom stereocenters. The molecule has 1 atom stereocenters. The summed E-state index contributed by atoms with van der Waals surface area (Å²) in [6.07, 6.45) is 8.15. The van der Waals surface area contributed by atoms with Crippen molar-refractivity contribution in [2.45, 2.75) is 31.3 Å². The van der Waals surface area contributed by atoms with E-state index in [0.717, 1.165) is 41.9 Å². The molecule has 0 saturated heterocycles. The van der Waals surface area contributed by atoms with Gasteiger partial charge in [-0.25, -0.2) is 19.5 Å². The fourth-order valence-electron chi connectivity index (χ4n) is 3.98. The van der Waals surface area contributed by atoms with E-state index in [2.05, 4.69) is 36.2 Å². The van der Waals surface area contributed by atoms with Gasteiger partial charge in [-0.3, -0.25) is 4.79 Å². The highest BCUT2D eigenvalue weighted by Crippen LogP contribution is 2.35.